The fraction of sp³-hybridized carbons (Fsp3) is 0.571. The summed E-state index contributed by atoms with van der Waals surface area (Å²) in [7, 11) is 2.06. The van der Waals surface area contributed by atoms with Gasteiger partial charge in [0.15, 0.2) is 0 Å². The molecule has 0 aromatic heterocycles. The van der Waals surface area contributed by atoms with Crippen LogP contribution in [0.5, 0.6) is 0 Å². The molecule has 1 aliphatic heterocycles. The minimum absolute atomic E-state index is 0.447. The monoisotopic (exact) mass is 296 g/mol. The molecule has 0 bridgehead atoms. The Labute approximate surface area is 112 Å². The van der Waals surface area contributed by atoms with Gasteiger partial charge in [0.05, 0.1) is 0 Å². The summed E-state index contributed by atoms with van der Waals surface area (Å²) in [5, 5.41) is 7.03. The summed E-state index contributed by atoms with van der Waals surface area (Å²) in [6.45, 7) is 3.37. The van der Waals surface area contributed by atoms with E-state index >= 15 is 0 Å². The Morgan fingerprint density at radius 3 is 3.00 bits per heavy atom. The first-order valence-corrected chi connectivity index (χ1v) is 7.16. The molecule has 1 aliphatic rings. The van der Waals surface area contributed by atoms with Crippen molar-refractivity contribution in [1.29, 1.82) is 0 Å². The number of hydrogen-bond donors (Lipinski definition) is 2. The summed E-state index contributed by atoms with van der Waals surface area (Å²) in [6, 6.07) is 7.66. The second kappa shape index (κ2) is 5.98. The number of benzene rings is 1. The number of rotatable bonds is 4. The molecule has 0 radical (unpaired) electrons. The Morgan fingerprint density at radius 2 is 2.35 bits per heavy atom. The molecule has 2 rings (SSSR count). The zero-order valence-corrected chi connectivity index (χ0v) is 12.2. The Kier molecular flexibility index (Phi) is 4.60. The fourth-order valence-electron chi connectivity index (χ4n) is 2.63. The lowest BCUT2D eigenvalue weighted by atomic mass is 9.95. The molecular formula is C14H21BrN2. The van der Waals surface area contributed by atoms with Crippen LogP contribution in [0.2, 0.25) is 0 Å². The van der Waals surface area contributed by atoms with Gasteiger partial charge in [0.2, 0.25) is 0 Å². The Morgan fingerprint density at radius 1 is 1.53 bits per heavy atom. The van der Waals surface area contributed by atoms with Crippen LogP contribution >= 0.6 is 15.9 Å². The number of hydrogen-bond acceptors (Lipinski definition) is 2. The molecule has 94 valence electrons. The smallest absolute Gasteiger partial charge is 0.0335 e. The normalized spacial score (nSPS) is 21.7. The molecule has 1 aromatic carbocycles. The summed E-state index contributed by atoms with van der Waals surface area (Å²) in [6.07, 6.45) is 3.80. The third-order valence-corrected chi connectivity index (χ3v) is 4.14. The Balaban J connectivity index is 2.13. The summed E-state index contributed by atoms with van der Waals surface area (Å²) < 4.78 is 1.16. The highest BCUT2D eigenvalue weighted by Crippen LogP contribution is 2.27. The van der Waals surface area contributed by atoms with Crippen LogP contribution in [-0.4, -0.2) is 19.6 Å². The molecule has 1 fully saturated rings. The fourth-order valence-corrected chi connectivity index (χ4v) is 3.01. The van der Waals surface area contributed by atoms with Gasteiger partial charge in [0.25, 0.3) is 0 Å². The maximum absolute atomic E-state index is 3.57. The van der Waals surface area contributed by atoms with Crippen LogP contribution in [0.4, 0.5) is 0 Å². The van der Waals surface area contributed by atoms with E-state index in [1.807, 2.05) is 0 Å². The minimum Gasteiger partial charge on any atom is -0.314 e. The van der Waals surface area contributed by atoms with Gasteiger partial charge in [-0.25, -0.2) is 0 Å². The van der Waals surface area contributed by atoms with Crippen LogP contribution in [0.3, 0.4) is 0 Å². The van der Waals surface area contributed by atoms with Crippen LogP contribution in [-0.2, 0) is 0 Å². The summed E-state index contributed by atoms with van der Waals surface area (Å²) in [5.41, 5.74) is 2.78. The van der Waals surface area contributed by atoms with Crippen LogP contribution in [0, 0.1) is 6.92 Å². The molecule has 1 saturated heterocycles. The quantitative estimate of drug-likeness (QED) is 0.892. The van der Waals surface area contributed by atoms with E-state index in [9.17, 15) is 0 Å². The van der Waals surface area contributed by atoms with Gasteiger partial charge in [-0.2, -0.15) is 0 Å². The summed E-state index contributed by atoms with van der Waals surface area (Å²) in [4.78, 5) is 0. The Bertz CT molecular complexity index is 372. The van der Waals surface area contributed by atoms with Gasteiger partial charge >= 0.3 is 0 Å². The third-order valence-electron chi connectivity index (χ3n) is 3.65. The van der Waals surface area contributed by atoms with E-state index in [0.29, 0.717) is 12.1 Å². The maximum Gasteiger partial charge on any atom is 0.0335 e. The number of aryl methyl sites for hydroxylation is 1. The van der Waals surface area contributed by atoms with Crippen molar-refractivity contribution in [3.05, 3.63) is 33.8 Å². The van der Waals surface area contributed by atoms with Crippen molar-refractivity contribution in [3.63, 3.8) is 0 Å². The predicted molar refractivity (Wildman–Crippen MR) is 76.3 cm³/mol. The lowest BCUT2D eigenvalue weighted by Crippen LogP contribution is -2.29. The maximum atomic E-state index is 3.57. The van der Waals surface area contributed by atoms with Gasteiger partial charge in [-0.1, -0.05) is 22.0 Å². The van der Waals surface area contributed by atoms with Crippen molar-refractivity contribution in [3.8, 4) is 0 Å². The van der Waals surface area contributed by atoms with Gasteiger partial charge in [0, 0.05) is 16.6 Å². The first-order chi connectivity index (χ1) is 8.20. The second-order valence-electron chi connectivity index (χ2n) is 4.87. The average Bonchev–Trinajstić information content (AvgIpc) is 2.82. The van der Waals surface area contributed by atoms with Crippen molar-refractivity contribution in [2.24, 2.45) is 0 Å². The van der Waals surface area contributed by atoms with Crippen molar-refractivity contribution in [2.75, 3.05) is 13.6 Å². The zero-order chi connectivity index (χ0) is 12.3. The first kappa shape index (κ1) is 13.1. The third kappa shape index (κ3) is 3.30. The zero-order valence-electron chi connectivity index (χ0n) is 10.6. The van der Waals surface area contributed by atoms with Crippen LogP contribution < -0.4 is 10.6 Å². The molecule has 0 aliphatic carbocycles. The topological polar surface area (TPSA) is 24.1 Å². The molecule has 0 amide bonds. The summed E-state index contributed by atoms with van der Waals surface area (Å²) >= 11 is 3.56. The molecule has 17 heavy (non-hydrogen) atoms. The SMILES string of the molecule is CNC(CC1CCCN1)c1cc(Br)ccc1C. The molecule has 2 N–H and O–H groups in total. The van der Waals surface area contributed by atoms with Crippen LogP contribution in [0.25, 0.3) is 0 Å². The van der Waals surface area contributed by atoms with E-state index in [0.717, 1.165) is 4.47 Å². The molecule has 0 saturated carbocycles. The summed E-state index contributed by atoms with van der Waals surface area (Å²) in [5.74, 6) is 0. The van der Waals surface area contributed by atoms with Gasteiger partial charge in [-0.15, -0.1) is 0 Å². The standard InChI is InChI=1S/C14H21BrN2/c1-10-5-6-11(15)8-13(10)14(16-2)9-12-4-3-7-17-12/h5-6,8,12,14,16-17H,3-4,7,9H2,1-2H3. The minimum atomic E-state index is 0.447. The van der Waals surface area contributed by atoms with Crippen molar-refractivity contribution < 1.29 is 0 Å². The van der Waals surface area contributed by atoms with E-state index in [-0.39, 0.29) is 0 Å². The molecule has 3 heteroatoms. The predicted octanol–water partition coefficient (Wildman–Crippen LogP) is 3.16. The van der Waals surface area contributed by atoms with E-state index in [4.69, 9.17) is 0 Å². The van der Waals surface area contributed by atoms with E-state index in [1.165, 1.54) is 36.9 Å². The second-order valence-corrected chi connectivity index (χ2v) is 5.79. The molecular weight excluding hydrogens is 276 g/mol. The molecule has 2 unspecified atom stereocenters. The highest BCUT2D eigenvalue weighted by molar-refractivity contribution is 9.10. The van der Waals surface area contributed by atoms with E-state index in [1.54, 1.807) is 0 Å². The first-order valence-electron chi connectivity index (χ1n) is 6.37. The largest absolute Gasteiger partial charge is 0.314 e. The highest BCUT2D eigenvalue weighted by atomic mass is 79.9. The van der Waals surface area contributed by atoms with Gasteiger partial charge in [-0.05, 0) is 63.0 Å². The lowest BCUT2D eigenvalue weighted by molar-refractivity contribution is 0.452. The van der Waals surface area contributed by atoms with Gasteiger partial charge in [-0.3, -0.25) is 0 Å². The van der Waals surface area contributed by atoms with E-state index < -0.39 is 0 Å². The molecule has 1 heterocycles. The molecule has 0 spiro atoms. The van der Waals surface area contributed by atoms with Gasteiger partial charge < -0.3 is 10.6 Å². The Hall–Kier alpha value is -0.380. The van der Waals surface area contributed by atoms with Crippen LogP contribution in [0.1, 0.15) is 36.4 Å². The lowest BCUT2D eigenvalue weighted by Gasteiger charge is -2.22. The molecule has 1 aromatic rings. The molecule has 2 atom stereocenters. The average molecular weight is 297 g/mol. The van der Waals surface area contributed by atoms with Crippen LogP contribution in [0.15, 0.2) is 22.7 Å². The van der Waals surface area contributed by atoms with Crippen molar-refractivity contribution in [1.82, 2.24) is 10.6 Å². The molecule has 2 nitrogen and oxygen atoms in total. The highest BCUT2D eigenvalue weighted by Gasteiger charge is 2.20. The number of halogens is 1. The number of nitrogens with one attached hydrogen (secondary N) is 2. The van der Waals surface area contributed by atoms with Gasteiger partial charge in [0.1, 0.15) is 0 Å². The van der Waals surface area contributed by atoms with E-state index in [2.05, 4.69) is 58.7 Å². The van der Waals surface area contributed by atoms with Crippen molar-refractivity contribution >= 4 is 15.9 Å². The van der Waals surface area contributed by atoms with Crippen molar-refractivity contribution in [2.45, 2.75) is 38.3 Å².